The van der Waals surface area contributed by atoms with Gasteiger partial charge in [-0.05, 0) is 24.6 Å². The average Bonchev–Trinajstić information content (AvgIpc) is 3.11. The Labute approximate surface area is 181 Å². The maximum absolute atomic E-state index is 13.3. The molecule has 1 unspecified atom stereocenters. The van der Waals surface area contributed by atoms with E-state index in [1.807, 2.05) is 6.07 Å². The lowest BCUT2D eigenvalue weighted by Crippen LogP contribution is -2.55. The highest BCUT2D eigenvalue weighted by molar-refractivity contribution is 5.84. The number of hydrogen-bond donors (Lipinski definition) is 2. The zero-order valence-electron chi connectivity index (χ0n) is 17.2. The van der Waals surface area contributed by atoms with E-state index < -0.39 is 11.5 Å². The third-order valence-electron chi connectivity index (χ3n) is 5.48. The molecule has 5 rings (SSSR count). The second-order valence-corrected chi connectivity index (χ2v) is 8.01. The highest BCUT2D eigenvalue weighted by Crippen LogP contribution is 2.33. The lowest BCUT2D eigenvalue weighted by molar-refractivity contribution is -0.134. The Bertz CT molecular complexity index is 1280. The van der Waals surface area contributed by atoms with Gasteiger partial charge in [-0.3, -0.25) is 4.90 Å². The van der Waals surface area contributed by atoms with E-state index in [-0.39, 0.29) is 31.4 Å². The number of hydrogen-bond acceptors (Lipinski definition) is 8. The summed E-state index contributed by atoms with van der Waals surface area (Å²) in [6, 6.07) is 8.65. The van der Waals surface area contributed by atoms with Crippen LogP contribution in [-0.4, -0.2) is 58.7 Å². The number of nitrogen functional groups attached to an aromatic ring is 1. The maximum Gasteiger partial charge on any atom is 0.272 e. The molecule has 3 N–H and O–H groups in total. The van der Waals surface area contributed by atoms with Crippen molar-refractivity contribution in [3.8, 4) is 5.82 Å². The Balaban J connectivity index is 1.62. The molecule has 0 bridgehead atoms. The summed E-state index contributed by atoms with van der Waals surface area (Å²) in [5.41, 5.74) is 6.09. The fraction of sp³-hybridized carbons (Fsp3) is 0.286. The number of rotatable bonds is 5. The molecule has 3 aromatic heterocycles. The van der Waals surface area contributed by atoms with Crippen molar-refractivity contribution in [1.82, 2.24) is 34.6 Å². The van der Waals surface area contributed by atoms with Crippen LogP contribution in [0.3, 0.4) is 0 Å². The maximum atomic E-state index is 13.3. The van der Waals surface area contributed by atoms with E-state index in [4.69, 9.17) is 5.73 Å². The quantitative estimate of drug-likeness (QED) is 0.485. The summed E-state index contributed by atoms with van der Waals surface area (Å²) in [7, 11) is 0. The Morgan fingerprint density at radius 1 is 1.12 bits per heavy atom. The molecule has 4 aromatic rings. The topological polar surface area (TPSA) is 119 Å². The number of aliphatic hydroxyl groups is 1. The van der Waals surface area contributed by atoms with Crippen LogP contribution in [0, 0.1) is 0 Å². The second kappa shape index (κ2) is 7.24. The Kier molecular flexibility index (Phi) is 4.60. The Hall–Kier alpha value is -3.57. The summed E-state index contributed by atoms with van der Waals surface area (Å²) in [5, 5.41) is 16.6. The molecule has 1 aliphatic heterocycles. The van der Waals surface area contributed by atoms with E-state index in [1.165, 1.54) is 6.20 Å². The first-order valence-electron chi connectivity index (χ1n) is 9.94. The molecule has 32 heavy (non-hydrogen) atoms. The van der Waals surface area contributed by atoms with Gasteiger partial charge < -0.3 is 10.8 Å². The van der Waals surface area contributed by atoms with Gasteiger partial charge >= 0.3 is 0 Å². The number of fused-ring (bicyclic) bond motifs is 1. The number of likely N-dealkylation sites (tertiary alicyclic amines) is 1. The zero-order chi connectivity index (χ0) is 22.5. The third-order valence-corrected chi connectivity index (χ3v) is 5.48. The van der Waals surface area contributed by atoms with Crippen LogP contribution in [0.4, 0.5) is 14.7 Å². The van der Waals surface area contributed by atoms with Crippen molar-refractivity contribution in [2.45, 2.75) is 25.0 Å². The zero-order valence-corrected chi connectivity index (χ0v) is 17.2. The highest BCUT2D eigenvalue weighted by atomic mass is 19.3. The minimum absolute atomic E-state index is 0.0796. The summed E-state index contributed by atoms with van der Waals surface area (Å²) in [5.74, 6) is -1.91. The van der Waals surface area contributed by atoms with E-state index >= 15 is 0 Å². The molecule has 0 saturated carbocycles. The normalized spacial score (nSPS) is 17.8. The van der Waals surface area contributed by atoms with Crippen LogP contribution in [0.25, 0.3) is 16.7 Å². The van der Waals surface area contributed by atoms with E-state index in [1.54, 1.807) is 53.2 Å². The Morgan fingerprint density at radius 2 is 1.88 bits per heavy atom. The predicted octanol–water partition coefficient (Wildman–Crippen LogP) is 1.89. The molecule has 4 heterocycles. The van der Waals surface area contributed by atoms with Gasteiger partial charge in [-0.2, -0.15) is 10.1 Å². The first-order valence-corrected chi connectivity index (χ1v) is 9.94. The number of nitrogens with zero attached hydrogens (tertiary/aromatic N) is 7. The highest BCUT2D eigenvalue weighted by Gasteiger charge is 2.44. The van der Waals surface area contributed by atoms with Gasteiger partial charge in [0.1, 0.15) is 5.60 Å². The molecule has 164 valence electrons. The van der Waals surface area contributed by atoms with E-state index in [9.17, 15) is 13.9 Å². The summed E-state index contributed by atoms with van der Waals surface area (Å²) >= 11 is 0. The van der Waals surface area contributed by atoms with Crippen LogP contribution in [0.2, 0.25) is 0 Å². The van der Waals surface area contributed by atoms with Gasteiger partial charge in [0.25, 0.3) is 5.92 Å². The number of benzene rings is 1. The van der Waals surface area contributed by atoms with Crippen molar-refractivity contribution in [2.24, 2.45) is 0 Å². The van der Waals surface area contributed by atoms with Crippen molar-refractivity contribution in [2.75, 3.05) is 18.8 Å². The summed E-state index contributed by atoms with van der Waals surface area (Å²) < 4.78 is 28.2. The van der Waals surface area contributed by atoms with E-state index in [0.717, 1.165) is 5.39 Å². The number of nitrogens with two attached hydrogens (primary N) is 1. The number of anilines is 1. The second-order valence-electron chi connectivity index (χ2n) is 8.01. The molecular formula is C21H20F2N8O. The molecule has 1 saturated heterocycles. The molecule has 1 atom stereocenters. The van der Waals surface area contributed by atoms with Gasteiger partial charge in [0.15, 0.2) is 11.6 Å². The summed E-state index contributed by atoms with van der Waals surface area (Å²) in [4.78, 5) is 18.1. The smallest absolute Gasteiger partial charge is 0.272 e. The van der Waals surface area contributed by atoms with Crippen molar-refractivity contribution < 1.29 is 13.9 Å². The molecule has 0 amide bonds. The van der Waals surface area contributed by atoms with Crippen molar-refractivity contribution in [1.29, 1.82) is 0 Å². The summed E-state index contributed by atoms with van der Waals surface area (Å²) in [6.07, 6.45) is 4.63. The standard InChI is InChI=1S/C21H20F2N8O/c1-20(32,18-25-6-2-7-26-18)13-3-4-14-15(10-30-11-21(22,23)12-30)29-31(16(14)9-13)17-5-8-27-19(24)28-17/h2-9,32H,10-12H2,1H3,(H2,24,27,28). The molecule has 9 nitrogen and oxygen atoms in total. The van der Waals surface area contributed by atoms with Gasteiger partial charge in [0.2, 0.25) is 5.95 Å². The molecule has 0 radical (unpaired) electrons. The van der Waals surface area contributed by atoms with Crippen LogP contribution in [0.5, 0.6) is 0 Å². The minimum Gasteiger partial charge on any atom is -0.377 e. The van der Waals surface area contributed by atoms with Crippen molar-refractivity contribution in [3.63, 3.8) is 0 Å². The van der Waals surface area contributed by atoms with Gasteiger partial charge in [-0.15, -0.1) is 0 Å². The Morgan fingerprint density at radius 3 is 2.56 bits per heavy atom. The van der Waals surface area contributed by atoms with E-state index in [0.29, 0.717) is 22.6 Å². The van der Waals surface area contributed by atoms with Crippen LogP contribution in [-0.2, 0) is 12.1 Å². The summed E-state index contributed by atoms with van der Waals surface area (Å²) in [6.45, 7) is 1.26. The lowest BCUT2D eigenvalue weighted by atomic mass is 9.94. The molecule has 11 heteroatoms. The third kappa shape index (κ3) is 3.55. The molecule has 1 aromatic carbocycles. The van der Waals surface area contributed by atoms with Crippen LogP contribution in [0.15, 0.2) is 48.9 Å². The first-order chi connectivity index (χ1) is 15.2. The van der Waals surface area contributed by atoms with E-state index in [2.05, 4.69) is 25.0 Å². The van der Waals surface area contributed by atoms with Gasteiger partial charge in [-0.1, -0.05) is 12.1 Å². The molecule has 0 spiro atoms. The fourth-order valence-corrected chi connectivity index (χ4v) is 3.87. The van der Waals surface area contributed by atoms with Gasteiger partial charge in [0.05, 0.1) is 24.3 Å². The van der Waals surface area contributed by atoms with Gasteiger partial charge in [0, 0.05) is 36.6 Å². The lowest BCUT2D eigenvalue weighted by Gasteiger charge is -2.38. The number of alkyl halides is 2. The van der Waals surface area contributed by atoms with Gasteiger partial charge in [-0.25, -0.2) is 28.4 Å². The average molecular weight is 438 g/mol. The number of halogens is 2. The van der Waals surface area contributed by atoms with Crippen LogP contribution in [0.1, 0.15) is 24.0 Å². The largest absolute Gasteiger partial charge is 0.377 e. The van der Waals surface area contributed by atoms with Crippen molar-refractivity contribution >= 4 is 16.9 Å². The molecule has 1 aliphatic rings. The van der Waals surface area contributed by atoms with Crippen molar-refractivity contribution in [3.05, 3.63) is 66.0 Å². The minimum atomic E-state index is -2.67. The first kappa shape index (κ1) is 20.3. The monoisotopic (exact) mass is 438 g/mol. The SMILES string of the molecule is CC(O)(c1ccc2c(CN3CC(F)(F)C3)nn(-c3ccnc(N)n3)c2c1)c1ncccn1. The van der Waals surface area contributed by atoms with Crippen LogP contribution < -0.4 is 5.73 Å². The number of aromatic nitrogens is 6. The predicted molar refractivity (Wildman–Crippen MR) is 112 cm³/mol. The molecular weight excluding hydrogens is 418 g/mol. The van der Waals surface area contributed by atoms with Crippen LogP contribution >= 0.6 is 0 Å². The molecule has 0 aliphatic carbocycles. The fourth-order valence-electron chi connectivity index (χ4n) is 3.87. The molecule has 1 fully saturated rings.